The lowest BCUT2D eigenvalue weighted by Gasteiger charge is -1.98. The molecule has 78 valence electrons. The van der Waals surface area contributed by atoms with Crippen LogP contribution in [0.3, 0.4) is 0 Å². The van der Waals surface area contributed by atoms with Gasteiger partial charge in [0.05, 0.1) is 11.5 Å². The Balaban J connectivity index is 2.28. The summed E-state index contributed by atoms with van der Waals surface area (Å²) in [7, 11) is 1.64. The topological polar surface area (TPSA) is 48.2 Å². The molecule has 5 heteroatoms. The van der Waals surface area contributed by atoms with Crippen molar-refractivity contribution < 1.29 is 9.26 Å². The van der Waals surface area contributed by atoms with Gasteiger partial charge < -0.3 is 9.26 Å². The third-order valence-electron chi connectivity index (χ3n) is 1.93. The number of alkyl halides is 1. The molecule has 2 aromatic rings. The number of rotatable bonds is 3. The van der Waals surface area contributed by atoms with Gasteiger partial charge in [-0.05, 0) is 24.3 Å². The van der Waals surface area contributed by atoms with Gasteiger partial charge in [-0.15, -0.1) is 0 Å². The monoisotopic (exact) mass is 316 g/mol. The van der Waals surface area contributed by atoms with Crippen LogP contribution < -0.4 is 4.74 Å². The number of nitrogens with zero attached hydrogens (tertiary/aromatic N) is 2. The maximum atomic E-state index is 5.07. The molecule has 0 atom stereocenters. The van der Waals surface area contributed by atoms with E-state index in [4.69, 9.17) is 9.26 Å². The maximum Gasteiger partial charge on any atom is 0.236 e. The lowest BCUT2D eigenvalue weighted by Crippen LogP contribution is -1.84. The van der Waals surface area contributed by atoms with Crippen LogP contribution in [-0.2, 0) is 4.43 Å². The zero-order valence-corrected chi connectivity index (χ0v) is 10.3. The fourth-order valence-corrected chi connectivity index (χ4v) is 1.48. The van der Waals surface area contributed by atoms with E-state index in [1.165, 1.54) is 0 Å². The average molecular weight is 316 g/mol. The molecule has 0 bridgehead atoms. The molecule has 0 aliphatic carbocycles. The second-order valence-corrected chi connectivity index (χ2v) is 3.64. The summed E-state index contributed by atoms with van der Waals surface area (Å²) >= 11 is 2.18. The van der Waals surface area contributed by atoms with E-state index in [1.54, 1.807) is 7.11 Å². The van der Waals surface area contributed by atoms with Crippen molar-refractivity contribution in [2.75, 3.05) is 7.11 Å². The number of hydrogen-bond acceptors (Lipinski definition) is 4. The predicted molar refractivity (Wildman–Crippen MR) is 64.0 cm³/mol. The van der Waals surface area contributed by atoms with Crippen LogP contribution in [0.4, 0.5) is 0 Å². The molecule has 0 fully saturated rings. The van der Waals surface area contributed by atoms with Crippen molar-refractivity contribution in [3.8, 4) is 17.1 Å². The molecule has 0 N–H and O–H groups in total. The number of ether oxygens (including phenoxy) is 1. The normalized spacial score (nSPS) is 10.3. The molecular weight excluding hydrogens is 307 g/mol. The Morgan fingerprint density at radius 1 is 1.33 bits per heavy atom. The lowest BCUT2D eigenvalue weighted by atomic mass is 10.2. The van der Waals surface area contributed by atoms with Crippen LogP contribution >= 0.6 is 22.6 Å². The van der Waals surface area contributed by atoms with Crippen molar-refractivity contribution in [1.29, 1.82) is 0 Å². The first-order valence-electron chi connectivity index (χ1n) is 4.36. The predicted octanol–water partition coefficient (Wildman–Crippen LogP) is 2.68. The first-order valence-corrected chi connectivity index (χ1v) is 5.89. The molecule has 0 saturated carbocycles. The van der Waals surface area contributed by atoms with Gasteiger partial charge in [0.15, 0.2) is 0 Å². The Morgan fingerprint density at radius 3 is 2.60 bits per heavy atom. The highest BCUT2D eigenvalue weighted by atomic mass is 127. The number of hydrogen-bond donors (Lipinski definition) is 0. The second-order valence-electron chi connectivity index (χ2n) is 2.87. The third-order valence-corrected chi connectivity index (χ3v) is 2.58. The molecule has 0 unspecified atom stereocenters. The third kappa shape index (κ3) is 2.28. The molecule has 0 aliphatic heterocycles. The summed E-state index contributed by atoms with van der Waals surface area (Å²) in [5, 5.41) is 3.88. The molecule has 1 heterocycles. The van der Waals surface area contributed by atoms with E-state index in [0.29, 0.717) is 11.7 Å². The Kier molecular flexibility index (Phi) is 3.20. The van der Waals surface area contributed by atoms with Crippen LogP contribution in [0.5, 0.6) is 5.75 Å². The number of aromatic nitrogens is 2. The molecule has 1 aromatic heterocycles. The largest absolute Gasteiger partial charge is 0.497 e. The van der Waals surface area contributed by atoms with E-state index in [0.717, 1.165) is 15.7 Å². The Labute approximate surface area is 101 Å². The molecule has 0 amide bonds. The molecule has 2 rings (SSSR count). The maximum absolute atomic E-state index is 5.07. The summed E-state index contributed by atoms with van der Waals surface area (Å²) in [6.45, 7) is 0. The van der Waals surface area contributed by atoms with Gasteiger partial charge in [0.25, 0.3) is 0 Å². The van der Waals surface area contributed by atoms with Crippen molar-refractivity contribution in [3.63, 3.8) is 0 Å². The number of halogens is 1. The van der Waals surface area contributed by atoms with E-state index in [-0.39, 0.29) is 0 Å². The summed E-state index contributed by atoms with van der Waals surface area (Å²) in [5.41, 5.74) is 0.927. The SMILES string of the molecule is COc1ccc(-c2noc(CI)n2)cc1. The summed E-state index contributed by atoms with van der Waals surface area (Å²) in [6.07, 6.45) is 0. The van der Waals surface area contributed by atoms with Crippen LogP contribution in [0, 0.1) is 0 Å². The Bertz CT molecular complexity index is 439. The molecule has 15 heavy (non-hydrogen) atoms. The quantitative estimate of drug-likeness (QED) is 0.645. The van der Waals surface area contributed by atoms with Gasteiger partial charge in [0.1, 0.15) is 5.75 Å². The number of benzene rings is 1. The van der Waals surface area contributed by atoms with Crippen LogP contribution in [0.15, 0.2) is 28.8 Å². The van der Waals surface area contributed by atoms with Crippen molar-refractivity contribution in [2.24, 2.45) is 0 Å². The van der Waals surface area contributed by atoms with Gasteiger partial charge >= 0.3 is 0 Å². The van der Waals surface area contributed by atoms with Gasteiger partial charge in [0, 0.05) is 5.56 Å². The molecule has 0 aliphatic rings. The van der Waals surface area contributed by atoms with Crippen LogP contribution in [0.2, 0.25) is 0 Å². The Morgan fingerprint density at radius 2 is 2.07 bits per heavy atom. The van der Waals surface area contributed by atoms with Crippen molar-refractivity contribution >= 4 is 22.6 Å². The molecular formula is C10H9IN2O2. The van der Waals surface area contributed by atoms with Crippen LogP contribution in [-0.4, -0.2) is 17.3 Å². The van der Waals surface area contributed by atoms with Crippen molar-refractivity contribution in [1.82, 2.24) is 10.1 Å². The zero-order valence-electron chi connectivity index (χ0n) is 8.11. The fraction of sp³-hybridized carbons (Fsp3) is 0.200. The molecule has 4 nitrogen and oxygen atoms in total. The van der Waals surface area contributed by atoms with Gasteiger partial charge in [-0.1, -0.05) is 27.7 Å². The molecule has 0 radical (unpaired) electrons. The van der Waals surface area contributed by atoms with E-state index < -0.39 is 0 Å². The second kappa shape index (κ2) is 4.61. The molecule has 0 saturated heterocycles. The highest BCUT2D eigenvalue weighted by Crippen LogP contribution is 2.20. The van der Waals surface area contributed by atoms with Crippen LogP contribution in [0.1, 0.15) is 5.89 Å². The lowest BCUT2D eigenvalue weighted by molar-refractivity contribution is 0.393. The number of methoxy groups -OCH3 is 1. The average Bonchev–Trinajstić information content (AvgIpc) is 2.78. The minimum atomic E-state index is 0.615. The van der Waals surface area contributed by atoms with Crippen LogP contribution in [0.25, 0.3) is 11.4 Å². The highest BCUT2D eigenvalue weighted by Gasteiger charge is 2.06. The standard InChI is InChI=1S/C10H9IN2O2/c1-14-8-4-2-7(3-5-8)10-12-9(6-11)15-13-10/h2-5H,6H2,1H3. The summed E-state index contributed by atoms with van der Waals surface area (Å²) in [4.78, 5) is 4.23. The summed E-state index contributed by atoms with van der Waals surface area (Å²) in [6, 6.07) is 7.55. The van der Waals surface area contributed by atoms with Crippen molar-refractivity contribution in [3.05, 3.63) is 30.2 Å². The van der Waals surface area contributed by atoms with Gasteiger partial charge in [0.2, 0.25) is 11.7 Å². The Hall–Kier alpha value is -1.11. The first kappa shape index (κ1) is 10.4. The smallest absolute Gasteiger partial charge is 0.236 e. The van der Waals surface area contributed by atoms with E-state index in [2.05, 4.69) is 32.7 Å². The van der Waals surface area contributed by atoms with Gasteiger partial charge in [-0.3, -0.25) is 0 Å². The first-order chi connectivity index (χ1) is 7.33. The minimum Gasteiger partial charge on any atom is -0.497 e. The van der Waals surface area contributed by atoms with Gasteiger partial charge in [-0.25, -0.2) is 0 Å². The molecule has 0 spiro atoms. The highest BCUT2D eigenvalue weighted by molar-refractivity contribution is 14.1. The van der Waals surface area contributed by atoms with E-state index >= 15 is 0 Å². The van der Waals surface area contributed by atoms with E-state index in [1.807, 2.05) is 24.3 Å². The van der Waals surface area contributed by atoms with Crippen molar-refractivity contribution in [2.45, 2.75) is 4.43 Å². The summed E-state index contributed by atoms with van der Waals surface area (Å²) in [5.74, 6) is 2.07. The van der Waals surface area contributed by atoms with Gasteiger partial charge in [-0.2, -0.15) is 4.98 Å². The minimum absolute atomic E-state index is 0.615. The summed E-state index contributed by atoms with van der Waals surface area (Å²) < 4.78 is 10.8. The fourth-order valence-electron chi connectivity index (χ4n) is 1.17. The molecule has 1 aromatic carbocycles. The zero-order chi connectivity index (χ0) is 10.7. The van der Waals surface area contributed by atoms with E-state index in [9.17, 15) is 0 Å².